The zero-order valence-corrected chi connectivity index (χ0v) is 8.23. The summed E-state index contributed by atoms with van der Waals surface area (Å²) in [6.07, 6.45) is 5.50. The van der Waals surface area contributed by atoms with Crippen molar-refractivity contribution in [2.75, 3.05) is 6.67 Å². The molecule has 0 spiro atoms. The number of allylic oxidation sites excluding steroid dienone is 1. The molecule has 4 heteroatoms. The van der Waals surface area contributed by atoms with Gasteiger partial charge in [-0.2, -0.15) is 5.10 Å². The first kappa shape index (κ1) is 8.29. The third-order valence-corrected chi connectivity index (χ3v) is 2.20. The summed E-state index contributed by atoms with van der Waals surface area (Å²) >= 11 is 0. The molecule has 2 aliphatic heterocycles. The number of hydrazone groups is 1. The molecule has 0 aliphatic carbocycles. The monoisotopic (exact) mass is 178 g/mol. The second-order valence-corrected chi connectivity index (χ2v) is 4.24. The van der Waals surface area contributed by atoms with Gasteiger partial charge in [0.15, 0.2) is 0 Å². The maximum absolute atomic E-state index is 4.16. The fourth-order valence-corrected chi connectivity index (χ4v) is 1.30. The lowest BCUT2D eigenvalue weighted by molar-refractivity contribution is 0.162. The molecule has 4 nitrogen and oxygen atoms in total. The fourth-order valence-electron chi connectivity index (χ4n) is 1.30. The van der Waals surface area contributed by atoms with Gasteiger partial charge in [-0.05, 0) is 20.8 Å². The smallest absolute Gasteiger partial charge is 0.136 e. The Morgan fingerprint density at radius 1 is 1.38 bits per heavy atom. The van der Waals surface area contributed by atoms with Gasteiger partial charge in [-0.15, -0.1) is 0 Å². The van der Waals surface area contributed by atoms with Crippen molar-refractivity contribution in [2.24, 2.45) is 10.1 Å². The second kappa shape index (κ2) is 2.58. The summed E-state index contributed by atoms with van der Waals surface area (Å²) in [4.78, 5) is 6.23. The first-order chi connectivity index (χ1) is 6.07. The van der Waals surface area contributed by atoms with Crippen LogP contribution in [0.5, 0.6) is 0 Å². The van der Waals surface area contributed by atoms with Gasteiger partial charge in [-0.3, -0.25) is 0 Å². The third kappa shape index (κ3) is 1.43. The molecule has 0 saturated heterocycles. The van der Waals surface area contributed by atoms with Crippen molar-refractivity contribution in [3.63, 3.8) is 0 Å². The van der Waals surface area contributed by atoms with E-state index in [0.717, 1.165) is 12.4 Å². The Kier molecular flexibility index (Phi) is 1.65. The van der Waals surface area contributed by atoms with Gasteiger partial charge in [-0.25, -0.2) is 10.0 Å². The molecule has 70 valence electrons. The van der Waals surface area contributed by atoms with Gasteiger partial charge in [-0.1, -0.05) is 0 Å². The van der Waals surface area contributed by atoms with Gasteiger partial charge in [0.1, 0.15) is 13.0 Å². The van der Waals surface area contributed by atoms with Crippen LogP contribution in [-0.2, 0) is 0 Å². The molecule has 0 radical (unpaired) electrons. The van der Waals surface area contributed by atoms with Gasteiger partial charge in [0.05, 0.1) is 11.9 Å². The topological polar surface area (TPSA) is 31.2 Å². The summed E-state index contributed by atoms with van der Waals surface area (Å²) in [5, 5.41) is 6.10. The van der Waals surface area contributed by atoms with Crippen molar-refractivity contribution >= 4 is 12.6 Å². The molecule has 13 heavy (non-hydrogen) atoms. The summed E-state index contributed by atoms with van der Waals surface area (Å²) in [5.74, 6) is 0. The number of rotatable bonds is 0. The average Bonchev–Trinajstić information content (AvgIpc) is 2.45. The molecule has 0 aromatic heterocycles. The molecule has 0 N–H and O–H groups in total. The Bertz CT molecular complexity index is 295. The summed E-state index contributed by atoms with van der Waals surface area (Å²) in [6, 6.07) is 0. The molecule has 2 aliphatic rings. The number of nitrogens with zero attached hydrogens (tertiary/aromatic N) is 4. The molecular formula is C9H14N4. The quantitative estimate of drug-likeness (QED) is 0.558. The van der Waals surface area contributed by atoms with E-state index < -0.39 is 0 Å². The number of hydrogen-bond donors (Lipinski definition) is 0. The van der Waals surface area contributed by atoms with Gasteiger partial charge >= 0.3 is 0 Å². The standard InChI is InChI=1S/C9H14N4/c1-9(2,3)12-5-8-4-10-6-11-13(8)7-12/h4-6H,7H2,1-3H3. The predicted octanol–water partition coefficient (Wildman–Crippen LogP) is 1.23. The second-order valence-electron chi connectivity index (χ2n) is 4.24. The van der Waals surface area contributed by atoms with Crippen LogP contribution in [0.15, 0.2) is 22.0 Å². The SMILES string of the molecule is CC(C)(C)N1C=C2C=NC=NN2C1. The van der Waals surface area contributed by atoms with Crippen molar-refractivity contribution in [1.29, 1.82) is 0 Å². The minimum absolute atomic E-state index is 0.147. The molecule has 0 amide bonds. The summed E-state index contributed by atoms with van der Waals surface area (Å²) in [6.45, 7) is 7.37. The van der Waals surface area contributed by atoms with E-state index >= 15 is 0 Å². The average molecular weight is 178 g/mol. The van der Waals surface area contributed by atoms with E-state index in [2.05, 4.69) is 42.0 Å². The van der Waals surface area contributed by atoms with Crippen LogP contribution in [0.1, 0.15) is 20.8 Å². The fraction of sp³-hybridized carbons (Fsp3) is 0.556. The molecule has 0 aromatic carbocycles. The Labute approximate surface area is 78.2 Å². The summed E-state index contributed by atoms with van der Waals surface area (Å²) in [7, 11) is 0. The highest BCUT2D eigenvalue weighted by molar-refractivity contribution is 5.86. The van der Waals surface area contributed by atoms with Gasteiger partial charge in [0, 0.05) is 11.7 Å². The molecule has 0 bridgehead atoms. The maximum atomic E-state index is 4.16. The Morgan fingerprint density at radius 3 is 2.77 bits per heavy atom. The highest BCUT2D eigenvalue weighted by Crippen LogP contribution is 2.23. The largest absolute Gasteiger partial charge is 0.351 e. The molecule has 2 rings (SSSR count). The van der Waals surface area contributed by atoms with Crippen LogP contribution in [0.3, 0.4) is 0 Å². The lowest BCUT2D eigenvalue weighted by atomic mass is 10.1. The Hall–Kier alpha value is -1.32. The first-order valence-corrected chi connectivity index (χ1v) is 4.39. The van der Waals surface area contributed by atoms with E-state index in [1.54, 1.807) is 6.34 Å². The molecule has 0 unspecified atom stereocenters. The van der Waals surface area contributed by atoms with E-state index in [4.69, 9.17) is 0 Å². The van der Waals surface area contributed by atoms with Crippen LogP contribution >= 0.6 is 0 Å². The first-order valence-electron chi connectivity index (χ1n) is 4.39. The predicted molar refractivity (Wildman–Crippen MR) is 53.4 cm³/mol. The highest BCUT2D eigenvalue weighted by atomic mass is 15.6. The molecular weight excluding hydrogens is 164 g/mol. The highest BCUT2D eigenvalue weighted by Gasteiger charge is 2.27. The number of fused-ring (bicyclic) bond motifs is 1. The summed E-state index contributed by atoms with van der Waals surface area (Å²) < 4.78 is 0. The van der Waals surface area contributed by atoms with Crippen molar-refractivity contribution in [3.05, 3.63) is 11.9 Å². The minimum Gasteiger partial charge on any atom is -0.351 e. The van der Waals surface area contributed by atoms with Crippen LogP contribution in [-0.4, -0.2) is 34.7 Å². The lowest BCUT2D eigenvalue weighted by Gasteiger charge is -2.31. The van der Waals surface area contributed by atoms with Crippen molar-refractivity contribution < 1.29 is 0 Å². The van der Waals surface area contributed by atoms with Crippen molar-refractivity contribution in [3.8, 4) is 0 Å². The van der Waals surface area contributed by atoms with Crippen LogP contribution < -0.4 is 0 Å². The Balaban J connectivity index is 2.21. The van der Waals surface area contributed by atoms with E-state index in [9.17, 15) is 0 Å². The van der Waals surface area contributed by atoms with Crippen LogP contribution in [0.4, 0.5) is 0 Å². The number of aliphatic imine (C=N–C) groups is 1. The van der Waals surface area contributed by atoms with Crippen LogP contribution in [0.2, 0.25) is 0 Å². The van der Waals surface area contributed by atoms with E-state index in [-0.39, 0.29) is 5.54 Å². The van der Waals surface area contributed by atoms with Crippen molar-refractivity contribution in [1.82, 2.24) is 9.91 Å². The van der Waals surface area contributed by atoms with E-state index in [1.807, 2.05) is 11.2 Å². The number of hydrogen-bond acceptors (Lipinski definition) is 4. The molecule has 0 atom stereocenters. The van der Waals surface area contributed by atoms with Crippen LogP contribution in [0.25, 0.3) is 0 Å². The minimum atomic E-state index is 0.147. The molecule has 0 aromatic rings. The van der Waals surface area contributed by atoms with Crippen LogP contribution in [0, 0.1) is 0 Å². The zero-order chi connectivity index (χ0) is 9.47. The third-order valence-electron chi connectivity index (χ3n) is 2.20. The van der Waals surface area contributed by atoms with Gasteiger partial charge < -0.3 is 4.90 Å². The maximum Gasteiger partial charge on any atom is 0.136 e. The molecule has 0 saturated carbocycles. The van der Waals surface area contributed by atoms with E-state index in [1.165, 1.54) is 0 Å². The van der Waals surface area contributed by atoms with Gasteiger partial charge in [0.2, 0.25) is 0 Å². The molecule has 2 heterocycles. The lowest BCUT2D eigenvalue weighted by Crippen LogP contribution is -2.38. The van der Waals surface area contributed by atoms with Crippen molar-refractivity contribution in [2.45, 2.75) is 26.3 Å². The normalized spacial score (nSPS) is 20.7. The van der Waals surface area contributed by atoms with E-state index in [0.29, 0.717) is 0 Å². The van der Waals surface area contributed by atoms with Gasteiger partial charge in [0.25, 0.3) is 0 Å². The summed E-state index contributed by atoms with van der Waals surface area (Å²) in [5.41, 5.74) is 1.21. The Morgan fingerprint density at radius 2 is 2.15 bits per heavy atom. The zero-order valence-electron chi connectivity index (χ0n) is 8.23. The molecule has 0 fully saturated rings.